The minimum Gasteiger partial charge on any atom is -0.334 e. The molecule has 1 aliphatic heterocycles. The van der Waals surface area contributed by atoms with Gasteiger partial charge in [-0.3, -0.25) is 4.79 Å². The molecule has 1 aromatic heterocycles. The molecular formula is C14H22N2OS. The maximum atomic E-state index is 12.5. The molecule has 1 amide bonds. The maximum Gasteiger partial charge on any atom is 0.226 e. The topological polar surface area (TPSA) is 33.2 Å². The Morgan fingerprint density at radius 1 is 1.56 bits per heavy atom. The molecular weight excluding hydrogens is 244 g/mol. The summed E-state index contributed by atoms with van der Waals surface area (Å²) in [5, 5.41) is 3.20. The van der Waals surface area contributed by atoms with Gasteiger partial charge in [0, 0.05) is 17.8 Å². The molecule has 0 spiro atoms. The Labute approximate surface area is 113 Å². The minimum absolute atomic E-state index is 0.185. The second-order valence-electron chi connectivity index (χ2n) is 4.99. The van der Waals surface area contributed by atoms with Crippen molar-refractivity contribution in [2.24, 2.45) is 5.92 Å². The standard InChI is InChI=1S/C14H22N2OS/c1-4-11(5-2)14(17)16-8-6-7-13(16)12-9-18-10(3)15-12/h9,11,13H,4-8H2,1-3H3/t13-/m1/s1. The lowest BCUT2D eigenvalue weighted by molar-refractivity contribution is -0.136. The predicted molar refractivity (Wildman–Crippen MR) is 74.6 cm³/mol. The van der Waals surface area contributed by atoms with Crippen molar-refractivity contribution in [2.45, 2.75) is 52.5 Å². The smallest absolute Gasteiger partial charge is 0.226 e. The molecule has 0 saturated carbocycles. The predicted octanol–water partition coefficient (Wildman–Crippen LogP) is 3.55. The van der Waals surface area contributed by atoms with E-state index in [1.807, 2.05) is 6.92 Å². The first-order valence-corrected chi connectivity index (χ1v) is 7.77. The largest absolute Gasteiger partial charge is 0.334 e. The fraction of sp³-hybridized carbons (Fsp3) is 0.714. The van der Waals surface area contributed by atoms with Crippen molar-refractivity contribution >= 4 is 17.2 Å². The first-order valence-electron chi connectivity index (χ1n) is 6.89. The number of rotatable bonds is 4. The quantitative estimate of drug-likeness (QED) is 0.835. The summed E-state index contributed by atoms with van der Waals surface area (Å²) in [4.78, 5) is 19.1. The third-order valence-electron chi connectivity index (χ3n) is 3.85. The van der Waals surface area contributed by atoms with E-state index in [1.165, 1.54) is 0 Å². The van der Waals surface area contributed by atoms with Crippen molar-refractivity contribution in [3.05, 3.63) is 16.1 Å². The van der Waals surface area contributed by atoms with Crippen LogP contribution in [0.5, 0.6) is 0 Å². The van der Waals surface area contributed by atoms with Crippen LogP contribution < -0.4 is 0 Å². The molecule has 0 unspecified atom stereocenters. The van der Waals surface area contributed by atoms with Crippen molar-refractivity contribution in [1.29, 1.82) is 0 Å². The van der Waals surface area contributed by atoms with Crippen LogP contribution in [0.25, 0.3) is 0 Å². The molecule has 100 valence electrons. The number of thiazole rings is 1. The van der Waals surface area contributed by atoms with Gasteiger partial charge in [0.15, 0.2) is 0 Å². The highest BCUT2D eigenvalue weighted by Gasteiger charge is 2.33. The van der Waals surface area contributed by atoms with Crippen LogP contribution in [-0.4, -0.2) is 22.3 Å². The molecule has 3 nitrogen and oxygen atoms in total. The van der Waals surface area contributed by atoms with Crippen molar-refractivity contribution in [3.63, 3.8) is 0 Å². The normalized spacial score (nSPS) is 19.8. The highest BCUT2D eigenvalue weighted by atomic mass is 32.1. The molecule has 0 aromatic carbocycles. The summed E-state index contributed by atoms with van der Waals surface area (Å²) < 4.78 is 0. The van der Waals surface area contributed by atoms with Crippen LogP contribution in [0.1, 0.15) is 56.3 Å². The molecule has 4 heteroatoms. The minimum atomic E-state index is 0.185. The van der Waals surface area contributed by atoms with Crippen LogP contribution in [0.15, 0.2) is 5.38 Å². The number of hydrogen-bond donors (Lipinski definition) is 0. The fourth-order valence-electron chi connectivity index (χ4n) is 2.74. The lowest BCUT2D eigenvalue weighted by Crippen LogP contribution is -2.35. The molecule has 2 heterocycles. The summed E-state index contributed by atoms with van der Waals surface area (Å²) in [7, 11) is 0. The van der Waals surface area contributed by atoms with E-state index in [0.29, 0.717) is 5.91 Å². The van der Waals surface area contributed by atoms with Gasteiger partial charge in [-0.2, -0.15) is 0 Å². The van der Waals surface area contributed by atoms with Crippen molar-refractivity contribution in [2.75, 3.05) is 6.54 Å². The summed E-state index contributed by atoms with van der Waals surface area (Å²) >= 11 is 1.68. The molecule has 1 aliphatic rings. The van der Waals surface area contributed by atoms with Crippen LogP contribution in [0.3, 0.4) is 0 Å². The Morgan fingerprint density at radius 2 is 2.28 bits per heavy atom. The van der Waals surface area contributed by atoms with Crippen molar-refractivity contribution < 1.29 is 4.79 Å². The van der Waals surface area contributed by atoms with Gasteiger partial charge in [0.2, 0.25) is 5.91 Å². The van der Waals surface area contributed by atoms with Gasteiger partial charge in [0.25, 0.3) is 0 Å². The molecule has 0 N–H and O–H groups in total. The van der Waals surface area contributed by atoms with Gasteiger partial charge in [0.1, 0.15) is 0 Å². The number of aryl methyl sites for hydroxylation is 1. The van der Waals surface area contributed by atoms with E-state index in [0.717, 1.165) is 42.9 Å². The zero-order valence-electron chi connectivity index (χ0n) is 11.5. The van der Waals surface area contributed by atoms with Crippen molar-refractivity contribution in [1.82, 2.24) is 9.88 Å². The first kappa shape index (κ1) is 13.5. The van der Waals surface area contributed by atoms with E-state index in [1.54, 1.807) is 11.3 Å². The SMILES string of the molecule is CCC(CC)C(=O)N1CCC[C@@H]1c1csc(C)n1. The Balaban J connectivity index is 2.14. The third kappa shape index (κ3) is 2.58. The Hall–Kier alpha value is -0.900. The van der Waals surface area contributed by atoms with Crippen LogP contribution in [-0.2, 0) is 4.79 Å². The van der Waals surface area contributed by atoms with Gasteiger partial charge in [-0.15, -0.1) is 11.3 Å². The lowest BCUT2D eigenvalue weighted by atomic mass is 10.0. The molecule has 1 atom stereocenters. The van der Waals surface area contributed by atoms with Gasteiger partial charge in [-0.1, -0.05) is 13.8 Å². The number of nitrogens with zero attached hydrogens (tertiary/aromatic N) is 2. The summed E-state index contributed by atoms with van der Waals surface area (Å²) in [6.45, 7) is 7.13. The number of carbonyl (C=O) groups is 1. The van der Waals surface area contributed by atoms with Gasteiger partial charge < -0.3 is 4.90 Å². The third-order valence-corrected chi connectivity index (χ3v) is 4.64. The second-order valence-corrected chi connectivity index (χ2v) is 6.06. The van der Waals surface area contributed by atoms with E-state index in [-0.39, 0.29) is 12.0 Å². The summed E-state index contributed by atoms with van der Waals surface area (Å²) in [5.74, 6) is 0.512. The Bertz CT molecular complexity index is 412. The van der Waals surface area contributed by atoms with E-state index in [4.69, 9.17) is 0 Å². The molecule has 2 rings (SSSR count). The fourth-order valence-corrected chi connectivity index (χ4v) is 3.40. The highest BCUT2D eigenvalue weighted by molar-refractivity contribution is 7.09. The molecule has 18 heavy (non-hydrogen) atoms. The lowest BCUT2D eigenvalue weighted by Gasteiger charge is -2.27. The van der Waals surface area contributed by atoms with Crippen LogP contribution >= 0.6 is 11.3 Å². The van der Waals surface area contributed by atoms with Gasteiger partial charge in [-0.05, 0) is 32.6 Å². The summed E-state index contributed by atoms with van der Waals surface area (Å²) in [6.07, 6.45) is 4.05. The molecule has 0 radical (unpaired) electrons. The van der Waals surface area contributed by atoms with Gasteiger partial charge >= 0.3 is 0 Å². The van der Waals surface area contributed by atoms with E-state index >= 15 is 0 Å². The van der Waals surface area contributed by atoms with Gasteiger partial charge in [0.05, 0.1) is 16.7 Å². The number of likely N-dealkylation sites (tertiary alicyclic amines) is 1. The van der Waals surface area contributed by atoms with E-state index in [2.05, 4.69) is 29.1 Å². The monoisotopic (exact) mass is 266 g/mol. The number of hydrogen-bond acceptors (Lipinski definition) is 3. The summed E-state index contributed by atoms with van der Waals surface area (Å²) in [6, 6.07) is 0.225. The molecule has 0 aliphatic carbocycles. The molecule has 1 saturated heterocycles. The van der Waals surface area contributed by atoms with Gasteiger partial charge in [-0.25, -0.2) is 4.98 Å². The van der Waals surface area contributed by atoms with E-state index < -0.39 is 0 Å². The summed E-state index contributed by atoms with van der Waals surface area (Å²) in [5.41, 5.74) is 1.09. The molecule has 1 fully saturated rings. The Morgan fingerprint density at radius 3 is 2.83 bits per heavy atom. The second kappa shape index (κ2) is 5.83. The van der Waals surface area contributed by atoms with Crippen molar-refractivity contribution in [3.8, 4) is 0 Å². The van der Waals surface area contributed by atoms with E-state index in [9.17, 15) is 4.79 Å². The number of carbonyl (C=O) groups excluding carboxylic acids is 1. The molecule has 0 bridgehead atoms. The average molecular weight is 266 g/mol. The average Bonchev–Trinajstić information content (AvgIpc) is 2.98. The van der Waals surface area contributed by atoms with Crippen LogP contribution in [0, 0.1) is 12.8 Å². The zero-order chi connectivity index (χ0) is 13.1. The first-order chi connectivity index (χ1) is 8.67. The van der Waals surface area contributed by atoms with Crippen LogP contribution in [0.4, 0.5) is 0 Å². The van der Waals surface area contributed by atoms with Crippen LogP contribution in [0.2, 0.25) is 0 Å². The zero-order valence-corrected chi connectivity index (χ0v) is 12.3. The maximum absolute atomic E-state index is 12.5. The number of aromatic nitrogens is 1. The number of amides is 1. The highest BCUT2D eigenvalue weighted by Crippen LogP contribution is 2.34. The molecule has 1 aromatic rings. The Kier molecular flexibility index (Phi) is 4.38.